The summed E-state index contributed by atoms with van der Waals surface area (Å²) in [5.41, 5.74) is 1.35. The Bertz CT molecular complexity index is 883. The predicted molar refractivity (Wildman–Crippen MR) is 103 cm³/mol. The van der Waals surface area contributed by atoms with Crippen LogP contribution in [-0.4, -0.2) is 32.8 Å². The lowest BCUT2D eigenvalue weighted by molar-refractivity contribution is -0.117. The van der Waals surface area contributed by atoms with Crippen molar-refractivity contribution in [1.29, 1.82) is 0 Å². The monoisotopic (exact) mass is 405 g/mol. The van der Waals surface area contributed by atoms with Gasteiger partial charge in [0.2, 0.25) is 11.7 Å². The topological polar surface area (TPSA) is 66.0 Å². The van der Waals surface area contributed by atoms with Gasteiger partial charge in [0.25, 0.3) is 0 Å². The summed E-state index contributed by atoms with van der Waals surface area (Å²) in [7, 11) is 1.53. The minimum Gasteiger partial charge on any atom is -0.493 e. The molecule has 0 aromatic heterocycles. The van der Waals surface area contributed by atoms with Crippen LogP contribution in [0.5, 0.6) is 23.0 Å². The molecule has 2 aromatic rings. The fourth-order valence-electron chi connectivity index (χ4n) is 2.87. The van der Waals surface area contributed by atoms with E-state index in [9.17, 15) is 13.6 Å². The predicted octanol–water partition coefficient (Wildman–Crippen LogP) is 3.96. The van der Waals surface area contributed by atoms with Crippen LogP contribution < -0.4 is 24.3 Å². The first-order chi connectivity index (χ1) is 14.0. The molecule has 2 aromatic carbocycles. The Labute approximate surface area is 167 Å². The van der Waals surface area contributed by atoms with E-state index in [1.165, 1.54) is 25.3 Å². The van der Waals surface area contributed by atoms with Gasteiger partial charge >= 0.3 is 6.61 Å². The highest BCUT2D eigenvalue weighted by molar-refractivity contribution is 5.92. The van der Waals surface area contributed by atoms with Gasteiger partial charge in [-0.15, -0.1) is 0 Å². The van der Waals surface area contributed by atoms with E-state index in [4.69, 9.17) is 14.2 Å². The van der Waals surface area contributed by atoms with Crippen LogP contribution in [0.1, 0.15) is 24.1 Å². The summed E-state index contributed by atoms with van der Waals surface area (Å²) in [6.07, 6.45) is 3.00. The van der Waals surface area contributed by atoms with Gasteiger partial charge in [0.15, 0.2) is 11.5 Å². The van der Waals surface area contributed by atoms with Crippen LogP contribution in [0.15, 0.2) is 42.5 Å². The number of alkyl halides is 2. The average Bonchev–Trinajstić information content (AvgIpc) is 2.71. The number of nitrogens with one attached hydrogen (secondary N) is 1. The largest absolute Gasteiger partial charge is 0.493 e. The zero-order chi connectivity index (χ0) is 20.8. The maximum atomic E-state index is 12.4. The summed E-state index contributed by atoms with van der Waals surface area (Å²) in [5, 5.41) is 2.78. The van der Waals surface area contributed by atoms with Gasteiger partial charge in [-0.25, -0.2) is 0 Å². The number of rotatable bonds is 7. The van der Waals surface area contributed by atoms with E-state index in [0.29, 0.717) is 41.6 Å². The van der Waals surface area contributed by atoms with Crippen LogP contribution in [0.4, 0.5) is 8.78 Å². The Morgan fingerprint density at radius 2 is 2.00 bits per heavy atom. The van der Waals surface area contributed by atoms with Gasteiger partial charge in [0.05, 0.1) is 13.2 Å². The van der Waals surface area contributed by atoms with Crippen molar-refractivity contribution in [1.82, 2.24) is 5.32 Å². The van der Waals surface area contributed by atoms with Gasteiger partial charge < -0.3 is 24.3 Å². The molecule has 1 heterocycles. The van der Waals surface area contributed by atoms with Gasteiger partial charge in [0, 0.05) is 6.08 Å². The van der Waals surface area contributed by atoms with Crippen molar-refractivity contribution < 1.29 is 32.5 Å². The molecule has 1 atom stereocenters. The van der Waals surface area contributed by atoms with Crippen molar-refractivity contribution in [2.75, 3.05) is 20.3 Å². The van der Waals surface area contributed by atoms with Crippen LogP contribution in [0, 0.1) is 0 Å². The maximum Gasteiger partial charge on any atom is 0.387 e. The summed E-state index contributed by atoms with van der Waals surface area (Å²) >= 11 is 0. The number of hydrogen-bond acceptors (Lipinski definition) is 5. The number of benzene rings is 2. The molecular weight excluding hydrogens is 384 g/mol. The summed E-state index contributed by atoms with van der Waals surface area (Å²) in [6.45, 7) is -0.265. The Balaban J connectivity index is 1.67. The normalized spacial score (nSPS) is 14.0. The molecule has 0 fully saturated rings. The number of carbonyl (C=O) groups is 1. The summed E-state index contributed by atoms with van der Waals surface area (Å²) in [4.78, 5) is 12.3. The molecule has 8 heteroatoms. The van der Waals surface area contributed by atoms with Crippen molar-refractivity contribution in [2.24, 2.45) is 0 Å². The third kappa shape index (κ3) is 5.37. The first kappa shape index (κ1) is 20.4. The highest BCUT2D eigenvalue weighted by Crippen LogP contribution is 2.40. The molecule has 0 aliphatic carbocycles. The molecule has 0 saturated carbocycles. The van der Waals surface area contributed by atoms with Crippen molar-refractivity contribution in [3.05, 3.63) is 53.6 Å². The number of methoxy groups -OCH3 is 1. The third-order valence-corrected chi connectivity index (χ3v) is 4.22. The lowest BCUT2D eigenvalue weighted by Crippen LogP contribution is -2.24. The lowest BCUT2D eigenvalue weighted by atomic mass is 10.1. The van der Waals surface area contributed by atoms with Crippen molar-refractivity contribution in [2.45, 2.75) is 19.6 Å². The summed E-state index contributed by atoms with van der Waals surface area (Å²) in [6, 6.07) is 9.31. The molecule has 3 rings (SSSR count). The number of fused-ring (bicyclic) bond motifs is 1. The highest BCUT2D eigenvalue weighted by atomic mass is 19.3. The second kappa shape index (κ2) is 9.27. The van der Waals surface area contributed by atoms with E-state index in [1.54, 1.807) is 37.3 Å². The second-order valence-electron chi connectivity index (χ2n) is 6.26. The van der Waals surface area contributed by atoms with E-state index < -0.39 is 12.7 Å². The van der Waals surface area contributed by atoms with Gasteiger partial charge in [0.1, 0.15) is 19.0 Å². The Kier molecular flexibility index (Phi) is 6.54. The minimum absolute atomic E-state index is 0.0394. The Morgan fingerprint density at radius 3 is 2.76 bits per heavy atom. The van der Waals surface area contributed by atoms with E-state index in [0.717, 1.165) is 0 Å². The van der Waals surface area contributed by atoms with E-state index >= 15 is 0 Å². The molecule has 0 radical (unpaired) electrons. The molecule has 0 bridgehead atoms. The van der Waals surface area contributed by atoms with Crippen LogP contribution >= 0.6 is 0 Å². The smallest absolute Gasteiger partial charge is 0.387 e. The van der Waals surface area contributed by atoms with Crippen molar-refractivity contribution in [3.63, 3.8) is 0 Å². The highest BCUT2D eigenvalue weighted by Gasteiger charge is 2.18. The molecule has 1 aliphatic rings. The number of hydrogen-bond donors (Lipinski definition) is 1. The lowest BCUT2D eigenvalue weighted by Gasteiger charge is -2.21. The first-order valence-electron chi connectivity index (χ1n) is 8.97. The molecule has 29 heavy (non-hydrogen) atoms. The number of amides is 1. The molecule has 1 N–H and O–H groups in total. The zero-order valence-electron chi connectivity index (χ0n) is 16.0. The second-order valence-corrected chi connectivity index (χ2v) is 6.26. The number of carbonyl (C=O) groups excluding carboxylic acids is 1. The van der Waals surface area contributed by atoms with Gasteiger partial charge in [-0.1, -0.05) is 12.1 Å². The molecule has 6 nitrogen and oxygen atoms in total. The molecule has 0 spiro atoms. The van der Waals surface area contributed by atoms with Crippen molar-refractivity contribution >= 4 is 12.0 Å². The molecule has 1 aliphatic heterocycles. The molecule has 1 unspecified atom stereocenters. The van der Waals surface area contributed by atoms with Gasteiger partial charge in [-0.3, -0.25) is 4.79 Å². The third-order valence-electron chi connectivity index (χ3n) is 4.22. The van der Waals surface area contributed by atoms with E-state index in [2.05, 4.69) is 10.1 Å². The Morgan fingerprint density at radius 1 is 1.21 bits per heavy atom. The summed E-state index contributed by atoms with van der Waals surface area (Å²) < 4.78 is 45.5. The number of halogens is 2. The zero-order valence-corrected chi connectivity index (χ0v) is 16.0. The minimum atomic E-state index is -2.90. The molecular formula is C21H21F2NO5. The van der Waals surface area contributed by atoms with Crippen LogP contribution in [0.25, 0.3) is 6.08 Å². The van der Waals surface area contributed by atoms with E-state index in [1.807, 2.05) is 0 Å². The van der Waals surface area contributed by atoms with E-state index in [-0.39, 0.29) is 11.7 Å². The first-order valence-corrected chi connectivity index (χ1v) is 8.97. The van der Waals surface area contributed by atoms with Crippen molar-refractivity contribution in [3.8, 4) is 23.0 Å². The maximum absolute atomic E-state index is 12.4. The summed E-state index contributed by atoms with van der Waals surface area (Å²) in [5.74, 6) is 1.32. The Hall–Kier alpha value is -3.29. The quantitative estimate of drug-likeness (QED) is 0.707. The molecule has 1 amide bonds. The molecule has 154 valence electrons. The number of ether oxygens (including phenoxy) is 4. The van der Waals surface area contributed by atoms with Gasteiger partial charge in [-0.05, 0) is 48.4 Å². The van der Waals surface area contributed by atoms with Crippen LogP contribution in [0.2, 0.25) is 0 Å². The van der Waals surface area contributed by atoms with Crippen LogP contribution in [0.3, 0.4) is 0 Å². The standard InChI is InChI=1S/C21H21F2NO5/c1-13(15-4-3-5-16(12-15)29-21(22)23)24-19(25)7-6-14-10-17(26-2)20-18(11-14)27-8-9-28-20/h3-7,10-13,21H,8-9H2,1-2H3,(H,24,25)/b7-6+. The fraction of sp³-hybridized carbons (Fsp3) is 0.286. The average molecular weight is 405 g/mol. The fourth-order valence-corrected chi connectivity index (χ4v) is 2.87. The van der Waals surface area contributed by atoms with Crippen LogP contribution in [-0.2, 0) is 4.79 Å². The SMILES string of the molecule is COc1cc(/C=C/C(=O)NC(C)c2cccc(OC(F)F)c2)cc2c1OCCO2. The van der Waals surface area contributed by atoms with Gasteiger partial charge in [-0.2, -0.15) is 8.78 Å². The molecule has 0 saturated heterocycles.